The van der Waals surface area contributed by atoms with E-state index in [9.17, 15) is 10.1 Å². The van der Waals surface area contributed by atoms with Crippen LogP contribution in [0.5, 0.6) is 5.75 Å². The third-order valence-corrected chi connectivity index (χ3v) is 1.85. The molecule has 0 saturated carbocycles. The summed E-state index contributed by atoms with van der Waals surface area (Å²) in [5.41, 5.74) is 10.9. The van der Waals surface area contributed by atoms with Crippen LogP contribution in [0.4, 0.5) is 5.69 Å². The van der Waals surface area contributed by atoms with Crippen molar-refractivity contribution in [1.82, 2.24) is 0 Å². The maximum Gasteiger partial charge on any atom is 0.273 e. The minimum Gasteiger partial charge on any atom is -0.457 e. The van der Waals surface area contributed by atoms with Gasteiger partial charge in [0.1, 0.15) is 11.5 Å². The molecule has 1 aromatic rings. The lowest BCUT2D eigenvalue weighted by Crippen LogP contribution is -1.98. The molecule has 18 heavy (non-hydrogen) atoms. The van der Waals surface area contributed by atoms with Gasteiger partial charge in [0.15, 0.2) is 0 Å². The molecule has 0 bridgehead atoms. The summed E-state index contributed by atoms with van der Waals surface area (Å²) < 4.78 is 5.41. The second-order valence-corrected chi connectivity index (χ2v) is 3.34. The van der Waals surface area contributed by atoms with Crippen LogP contribution < -0.4 is 16.2 Å². The van der Waals surface area contributed by atoms with Crippen LogP contribution in [-0.4, -0.2) is 4.92 Å². The van der Waals surface area contributed by atoms with Crippen LogP contribution in [0.2, 0.25) is 0 Å². The molecule has 0 radical (unpaired) electrons. The second kappa shape index (κ2) is 6.09. The van der Waals surface area contributed by atoms with E-state index in [0.717, 1.165) is 0 Å². The van der Waals surface area contributed by atoms with E-state index < -0.39 is 4.92 Å². The SMILES string of the molecule is C=C(N)/C=C(\C=C/N)Oc1cccc([N+](=O)[O-])c1. The van der Waals surface area contributed by atoms with Gasteiger partial charge >= 0.3 is 0 Å². The van der Waals surface area contributed by atoms with Crippen molar-refractivity contribution in [3.8, 4) is 5.75 Å². The molecule has 0 aromatic heterocycles. The topological polar surface area (TPSA) is 104 Å². The van der Waals surface area contributed by atoms with Gasteiger partial charge in [-0.15, -0.1) is 0 Å². The second-order valence-electron chi connectivity index (χ2n) is 3.34. The molecule has 94 valence electrons. The summed E-state index contributed by atoms with van der Waals surface area (Å²) in [7, 11) is 0. The zero-order valence-corrected chi connectivity index (χ0v) is 9.58. The molecule has 0 aliphatic heterocycles. The van der Waals surface area contributed by atoms with Crippen molar-refractivity contribution in [2.24, 2.45) is 11.5 Å². The Morgan fingerprint density at radius 3 is 2.78 bits per heavy atom. The molecule has 0 saturated heterocycles. The summed E-state index contributed by atoms with van der Waals surface area (Å²) in [6.07, 6.45) is 4.20. The van der Waals surface area contributed by atoms with Crippen molar-refractivity contribution in [1.29, 1.82) is 0 Å². The van der Waals surface area contributed by atoms with E-state index >= 15 is 0 Å². The molecule has 0 fully saturated rings. The molecule has 0 spiro atoms. The van der Waals surface area contributed by atoms with Gasteiger partial charge in [0.2, 0.25) is 0 Å². The number of allylic oxidation sites excluding steroid dienone is 2. The molecule has 0 unspecified atom stereocenters. The van der Waals surface area contributed by atoms with Crippen molar-refractivity contribution < 1.29 is 9.66 Å². The lowest BCUT2D eigenvalue weighted by atomic mass is 10.3. The number of nitrogens with zero attached hydrogens (tertiary/aromatic N) is 1. The Hall–Kier alpha value is -2.76. The first kappa shape index (κ1) is 13.3. The average molecular weight is 247 g/mol. The first-order chi connectivity index (χ1) is 8.52. The van der Waals surface area contributed by atoms with Gasteiger partial charge in [0, 0.05) is 17.8 Å². The predicted molar refractivity (Wildman–Crippen MR) is 68.5 cm³/mol. The normalized spacial score (nSPS) is 11.4. The van der Waals surface area contributed by atoms with Gasteiger partial charge in [0.25, 0.3) is 5.69 Å². The fourth-order valence-electron chi connectivity index (χ4n) is 1.19. The van der Waals surface area contributed by atoms with Crippen LogP contribution in [0, 0.1) is 10.1 Å². The quantitative estimate of drug-likeness (QED) is 0.357. The Balaban J connectivity index is 2.97. The molecule has 0 aliphatic rings. The minimum atomic E-state index is -0.503. The zero-order chi connectivity index (χ0) is 13.5. The van der Waals surface area contributed by atoms with Crippen molar-refractivity contribution >= 4 is 5.69 Å². The van der Waals surface area contributed by atoms with Crippen molar-refractivity contribution in [2.75, 3.05) is 0 Å². The molecule has 4 N–H and O–H groups in total. The highest BCUT2D eigenvalue weighted by Crippen LogP contribution is 2.21. The van der Waals surface area contributed by atoms with E-state index in [2.05, 4.69) is 6.58 Å². The maximum atomic E-state index is 10.6. The highest BCUT2D eigenvalue weighted by Gasteiger charge is 2.07. The Morgan fingerprint density at radius 2 is 2.22 bits per heavy atom. The number of hydrogen-bond donors (Lipinski definition) is 2. The van der Waals surface area contributed by atoms with E-state index in [1.807, 2.05) is 0 Å². The van der Waals surface area contributed by atoms with Gasteiger partial charge in [-0.1, -0.05) is 12.6 Å². The van der Waals surface area contributed by atoms with E-state index in [4.69, 9.17) is 16.2 Å². The Bertz CT molecular complexity index is 521. The molecule has 1 rings (SSSR count). The van der Waals surface area contributed by atoms with Gasteiger partial charge in [-0.25, -0.2) is 0 Å². The van der Waals surface area contributed by atoms with E-state index in [0.29, 0.717) is 11.5 Å². The lowest BCUT2D eigenvalue weighted by Gasteiger charge is -2.06. The van der Waals surface area contributed by atoms with E-state index in [1.165, 1.54) is 36.6 Å². The highest BCUT2D eigenvalue weighted by atomic mass is 16.6. The van der Waals surface area contributed by atoms with Crippen LogP contribution in [-0.2, 0) is 0 Å². The number of ether oxygens (including phenoxy) is 1. The molecule has 0 aliphatic carbocycles. The molecular weight excluding hydrogens is 234 g/mol. The van der Waals surface area contributed by atoms with Gasteiger partial charge in [-0.3, -0.25) is 10.1 Å². The maximum absolute atomic E-state index is 10.6. The molecule has 0 heterocycles. The molecular formula is C12H13N3O3. The first-order valence-electron chi connectivity index (χ1n) is 4.99. The Kier molecular flexibility index (Phi) is 4.50. The predicted octanol–water partition coefficient (Wildman–Crippen LogP) is 1.80. The summed E-state index contributed by atoms with van der Waals surface area (Å²) in [6, 6.07) is 5.79. The fraction of sp³-hybridized carbons (Fsp3) is 0. The molecule has 0 amide bonds. The largest absolute Gasteiger partial charge is 0.457 e. The number of nitrogens with two attached hydrogens (primary N) is 2. The Morgan fingerprint density at radius 1 is 1.50 bits per heavy atom. The molecule has 6 heteroatoms. The fourth-order valence-corrected chi connectivity index (χ4v) is 1.19. The number of benzene rings is 1. The van der Waals surface area contributed by atoms with Crippen molar-refractivity contribution in [2.45, 2.75) is 0 Å². The summed E-state index contributed by atoms with van der Waals surface area (Å²) in [5.74, 6) is 0.653. The van der Waals surface area contributed by atoms with Crippen LogP contribution in [0.1, 0.15) is 0 Å². The molecule has 1 aromatic carbocycles. The van der Waals surface area contributed by atoms with Crippen molar-refractivity contribution in [3.05, 3.63) is 70.8 Å². The number of nitro groups is 1. The van der Waals surface area contributed by atoms with Gasteiger partial charge in [-0.05, 0) is 18.3 Å². The van der Waals surface area contributed by atoms with Gasteiger partial charge < -0.3 is 16.2 Å². The van der Waals surface area contributed by atoms with Gasteiger partial charge in [0.05, 0.1) is 11.0 Å². The van der Waals surface area contributed by atoms with Crippen LogP contribution in [0.3, 0.4) is 0 Å². The highest BCUT2D eigenvalue weighted by molar-refractivity contribution is 5.39. The van der Waals surface area contributed by atoms with Crippen molar-refractivity contribution in [3.63, 3.8) is 0 Å². The van der Waals surface area contributed by atoms with E-state index in [-0.39, 0.29) is 11.4 Å². The standard InChI is InChI=1S/C12H13N3O3/c1-9(14)7-12(5-6-13)18-11-4-2-3-10(8-11)15(16)17/h2-8H,1,13-14H2/b6-5-,12-7+. The minimum absolute atomic E-state index is 0.0600. The summed E-state index contributed by atoms with van der Waals surface area (Å²) in [5, 5.41) is 10.6. The van der Waals surface area contributed by atoms with Gasteiger partial charge in [-0.2, -0.15) is 0 Å². The molecule has 0 atom stereocenters. The lowest BCUT2D eigenvalue weighted by molar-refractivity contribution is -0.384. The number of hydrogen-bond acceptors (Lipinski definition) is 5. The Labute approximate surface area is 104 Å². The van der Waals surface area contributed by atoms with E-state index in [1.54, 1.807) is 6.07 Å². The van der Waals surface area contributed by atoms with Crippen LogP contribution in [0.15, 0.2) is 60.7 Å². The van der Waals surface area contributed by atoms with Crippen LogP contribution >= 0.6 is 0 Å². The smallest absolute Gasteiger partial charge is 0.273 e. The number of non-ortho nitro benzene ring substituents is 1. The summed E-state index contributed by atoms with van der Waals surface area (Å²) in [6.45, 7) is 3.50. The number of nitro benzene ring substituents is 1. The summed E-state index contributed by atoms with van der Waals surface area (Å²) >= 11 is 0. The zero-order valence-electron chi connectivity index (χ0n) is 9.58. The number of rotatable bonds is 5. The third kappa shape index (κ3) is 4.01. The monoisotopic (exact) mass is 247 g/mol. The molecule has 6 nitrogen and oxygen atoms in total. The first-order valence-corrected chi connectivity index (χ1v) is 4.99. The van der Waals surface area contributed by atoms with Crippen LogP contribution in [0.25, 0.3) is 0 Å². The average Bonchev–Trinajstić information content (AvgIpc) is 2.28. The third-order valence-electron chi connectivity index (χ3n) is 1.85. The summed E-state index contributed by atoms with van der Waals surface area (Å²) in [4.78, 5) is 10.1.